The van der Waals surface area contributed by atoms with Crippen LogP contribution >= 0.6 is 0 Å². The van der Waals surface area contributed by atoms with Crippen LogP contribution in [0.25, 0.3) is 66.8 Å². The molecule has 3 aromatic carbocycles. The van der Waals surface area contributed by atoms with Gasteiger partial charge in [-0.15, -0.1) is 5.73 Å². The number of fused-ring (bicyclic) bond motifs is 3. The molecule has 0 N–H and O–H groups in total. The molecule has 212 valence electrons. The first kappa shape index (κ1) is 26.5. The summed E-state index contributed by atoms with van der Waals surface area (Å²) in [4.78, 5) is 14.3. The Morgan fingerprint density at radius 2 is 1.16 bits per heavy atom. The molecule has 4 heteroatoms. The van der Waals surface area contributed by atoms with Crippen molar-refractivity contribution in [2.45, 2.75) is 6.92 Å². The van der Waals surface area contributed by atoms with Crippen molar-refractivity contribution < 1.29 is 0 Å². The molecule has 0 radical (unpaired) electrons. The maximum atomic E-state index is 5.09. The van der Waals surface area contributed by atoms with Crippen LogP contribution in [0, 0.1) is 0 Å². The molecule has 0 atom stereocenters. The summed E-state index contributed by atoms with van der Waals surface area (Å²) in [5.41, 5.74) is 15.7. The Bertz CT molecular complexity index is 2350. The summed E-state index contributed by atoms with van der Waals surface area (Å²) >= 11 is 0. The quantitative estimate of drug-likeness (QED) is 0.192. The summed E-state index contributed by atoms with van der Waals surface area (Å²) < 4.78 is 2.35. The van der Waals surface area contributed by atoms with Crippen LogP contribution in [0.4, 0.5) is 0 Å². The molecule has 0 unspecified atom stereocenters. The number of para-hydroxylation sites is 1. The molecule has 4 heterocycles. The van der Waals surface area contributed by atoms with E-state index >= 15 is 0 Å². The van der Waals surface area contributed by atoms with Crippen LogP contribution in [0.2, 0.25) is 0 Å². The topological polar surface area (TPSA) is 43.6 Å². The first-order valence-corrected chi connectivity index (χ1v) is 15.0. The second kappa shape index (κ2) is 11.2. The van der Waals surface area contributed by atoms with Gasteiger partial charge in [0.25, 0.3) is 0 Å². The Labute approximate surface area is 261 Å². The zero-order valence-electron chi connectivity index (χ0n) is 24.7. The van der Waals surface area contributed by atoms with Gasteiger partial charge in [0.15, 0.2) is 0 Å². The number of rotatable bonds is 5. The number of benzene rings is 3. The average Bonchev–Trinajstić information content (AvgIpc) is 3.26. The van der Waals surface area contributed by atoms with Crippen molar-refractivity contribution in [3.05, 3.63) is 169 Å². The highest BCUT2D eigenvalue weighted by Gasteiger charge is 2.16. The van der Waals surface area contributed by atoms with Gasteiger partial charge in [-0.25, -0.2) is 9.97 Å². The maximum Gasteiger partial charge on any atom is 0.0710 e. The van der Waals surface area contributed by atoms with Crippen molar-refractivity contribution in [3.8, 4) is 39.5 Å². The van der Waals surface area contributed by atoms with Crippen LogP contribution in [0.3, 0.4) is 0 Å². The molecule has 0 spiro atoms. The summed E-state index contributed by atoms with van der Waals surface area (Å²) in [5.74, 6) is 0. The fourth-order valence-electron chi connectivity index (χ4n) is 5.98. The van der Waals surface area contributed by atoms with Crippen LogP contribution in [0.15, 0.2) is 163 Å². The van der Waals surface area contributed by atoms with Crippen LogP contribution in [-0.4, -0.2) is 19.5 Å². The van der Waals surface area contributed by atoms with E-state index in [-0.39, 0.29) is 0 Å². The Hall–Kier alpha value is -6.09. The average molecular weight is 577 g/mol. The first-order valence-electron chi connectivity index (χ1n) is 15.0. The zero-order valence-corrected chi connectivity index (χ0v) is 24.7. The third kappa shape index (κ3) is 5.00. The van der Waals surface area contributed by atoms with Crippen LogP contribution < -0.4 is 0 Å². The van der Waals surface area contributed by atoms with Crippen molar-refractivity contribution in [3.63, 3.8) is 0 Å². The van der Waals surface area contributed by atoms with Gasteiger partial charge >= 0.3 is 0 Å². The SMILES string of the molecule is CC1=C=CC=C(c2cccc(-c3ccc4c5ccc(-c6cccc(-c7ccncc7)n6)cc5n(-c5ccccc5)c4c3)n2)C=C1. The Morgan fingerprint density at radius 3 is 1.82 bits per heavy atom. The fraction of sp³-hybridized carbons (Fsp3) is 0.0244. The maximum absolute atomic E-state index is 5.09. The van der Waals surface area contributed by atoms with E-state index in [4.69, 9.17) is 9.97 Å². The third-order valence-electron chi connectivity index (χ3n) is 8.23. The summed E-state index contributed by atoms with van der Waals surface area (Å²) in [5, 5.41) is 2.39. The molecule has 1 aliphatic rings. The molecule has 7 aromatic rings. The number of nitrogens with zero attached hydrogens (tertiary/aromatic N) is 4. The van der Waals surface area contributed by atoms with Crippen molar-refractivity contribution in [1.82, 2.24) is 19.5 Å². The fourth-order valence-corrected chi connectivity index (χ4v) is 5.98. The van der Waals surface area contributed by atoms with Crippen molar-refractivity contribution in [2.24, 2.45) is 0 Å². The van der Waals surface area contributed by atoms with Crippen molar-refractivity contribution in [1.29, 1.82) is 0 Å². The van der Waals surface area contributed by atoms with E-state index in [1.54, 1.807) is 12.4 Å². The van der Waals surface area contributed by atoms with E-state index in [2.05, 4.69) is 131 Å². The first-order chi connectivity index (χ1) is 22.2. The van der Waals surface area contributed by atoms with Gasteiger partial charge in [0.2, 0.25) is 0 Å². The molecule has 45 heavy (non-hydrogen) atoms. The molecule has 8 rings (SSSR count). The molecule has 0 aliphatic heterocycles. The lowest BCUT2D eigenvalue weighted by molar-refractivity contribution is 1.18. The Kier molecular flexibility index (Phi) is 6.60. The largest absolute Gasteiger partial charge is 0.309 e. The van der Waals surface area contributed by atoms with Gasteiger partial charge in [0.05, 0.1) is 33.8 Å². The molecule has 4 nitrogen and oxygen atoms in total. The number of allylic oxidation sites excluding steroid dienone is 5. The highest BCUT2D eigenvalue weighted by molar-refractivity contribution is 6.11. The van der Waals surface area contributed by atoms with Gasteiger partial charge in [-0.2, -0.15) is 0 Å². The zero-order chi connectivity index (χ0) is 30.2. The molecule has 0 amide bonds. The van der Waals surface area contributed by atoms with Gasteiger partial charge in [0.1, 0.15) is 0 Å². The lowest BCUT2D eigenvalue weighted by Crippen LogP contribution is -1.95. The lowest BCUT2D eigenvalue weighted by atomic mass is 10.0. The molecule has 1 aliphatic carbocycles. The molecule has 0 saturated carbocycles. The number of hydrogen-bond acceptors (Lipinski definition) is 3. The molecule has 0 fully saturated rings. The summed E-state index contributed by atoms with van der Waals surface area (Å²) in [6.45, 7) is 2.05. The molecule has 4 aromatic heterocycles. The van der Waals surface area contributed by atoms with E-state index in [0.717, 1.165) is 67.3 Å². The highest BCUT2D eigenvalue weighted by atomic mass is 15.0. The number of aromatic nitrogens is 4. The van der Waals surface area contributed by atoms with Crippen LogP contribution in [-0.2, 0) is 0 Å². The Balaban J connectivity index is 1.28. The van der Waals surface area contributed by atoms with E-state index in [9.17, 15) is 0 Å². The van der Waals surface area contributed by atoms with E-state index in [0.29, 0.717) is 0 Å². The van der Waals surface area contributed by atoms with Crippen molar-refractivity contribution in [2.75, 3.05) is 0 Å². The summed E-state index contributed by atoms with van der Waals surface area (Å²) in [7, 11) is 0. The predicted molar refractivity (Wildman–Crippen MR) is 185 cm³/mol. The van der Waals surface area contributed by atoms with Gasteiger partial charge < -0.3 is 4.57 Å². The summed E-state index contributed by atoms with van der Waals surface area (Å²) in [6.07, 6.45) is 11.8. The molecule has 0 saturated heterocycles. The minimum absolute atomic E-state index is 0.926. The van der Waals surface area contributed by atoms with E-state index < -0.39 is 0 Å². The predicted octanol–water partition coefficient (Wildman–Crippen LogP) is 10.0. The van der Waals surface area contributed by atoms with Crippen LogP contribution in [0.1, 0.15) is 12.6 Å². The second-order valence-corrected chi connectivity index (χ2v) is 11.1. The normalized spacial score (nSPS) is 12.7. The molecular formula is C41H28N4. The van der Waals surface area contributed by atoms with Gasteiger partial charge in [-0.05, 0) is 85.3 Å². The highest BCUT2D eigenvalue weighted by Crippen LogP contribution is 2.37. The smallest absolute Gasteiger partial charge is 0.0710 e. The number of hydrogen-bond donors (Lipinski definition) is 0. The van der Waals surface area contributed by atoms with Gasteiger partial charge in [-0.3, -0.25) is 4.98 Å². The van der Waals surface area contributed by atoms with E-state index in [1.165, 1.54) is 10.8 Å². The van der Waals surface area contributed by atoms with Gasteiger partial charge in [-0.1, -0.05) is 66.7 Å². The minimum atomic E-state index is 0.926. The molecular weight excluding hydrogens is 548 g/mol. The van der Waals surface area contributed by atoms with Gasteiger partial charge in [0, 0.05) is 51.1 Å². The second-order valence-electron chi connectivity index (χ2n) is 11.1. The summed E-state index contributed by atoms with van der Waals surface area (Å²) in [6, 6.07) is 40.3. The van der Waals surface area contributed by atoms with Crippen molar-refractivity contribution >= 4 is 27.4 Å². The number of pyridine rings is 3. The standard InChI is InChI=1S/C41H28N4/c1-28-8-5-9-29(17-16-28)36-12-6-14-38(43-36)31-18-20-34-35-21-19-32(39-15-7-13-37(44-39)30-22-24-42-25-23-30)27-41(35)45(40(34)26-31)33-10-3-2-4-11-33/h2-7,9-27H,1H3. The van der Waals surface area contributed by atoms with Crippen LogP contribution in [0.5, 0.6) is 0 Å². The van der Waals surface area contributed by atoms with E-state index in [1.807, 2.05) is 31.2 Å². The minimum Gasteiger partial charge on any atom is -0.309 e. The third-order valence-corrected chi connectivity index (χ3v) is 8.23. The lowest BCUT2D eigenvalue weighted by Gasteiger charge is -2.10. The monoisotopic (exact) mass is 576 g/mol. The molecule has 0 bridgehead atoms. The Morgan fingerprint density at radius 1 is 0.556 bits per heavy atom.